The van der Waals surface area contributed by atoms with E-state index in [4.69, 9.17) is 10.2 Å². The Bertz CT molecular complexity index is 127. The van der Waals surface area contributed by atoms with Gasteiger partial charge >= 0.3 is 6.09 Å². The maximum atomic E-state index is 10.3. The van der Waals surface area contributed by atoms with E-state index in [1.54, 1.807) is 7.05 Å². The maximum Gasteiger partial charge on any atom is 0.407 e. The summed E-state index contributed by atoms with van der Waals surface area (Å²) in [7, 11) is 1.56. The molecule has 1 amide bonds. The number of unbranched alkanes of at least 4 members (excludes halogenated alkanes) is 3. The third kappa shape index (κ3) is 5.97. The highest BCUT2D eigenvalue weighted by Gasteiger charge is 2.02. The Morgan fingerprint density at radius 2 is 1.83 bits per heavy atom. The van der Waals surface area contributed by atoms with Gasteiger partial charge in [0.2, 0.25) is 0 Å². The Hall–Kier alpha value is -0.770. The normalized spacial score (nSPS) is 9.83. The molecular formula is C8H17NO3. The first kappa shape index (κ1) is 11.2. The second-order valence-corrected chi connectivity index (χ2v) is 2.84. The van der Waals surface area contributed by atoms with Crippen LogP contribution in [-0.2, 0) is 0 Å². The fourth-order valence-electron chi connectivity index (χ4n) is 0.910. The van der Waals surface area contributed by atoms with Crippen molar-refractivity contribution in [1.29, 1.82) is 0 Å². The van der Waals surface area contributed by atoms with Crippen molar-refractivity contribution in [2.75, 3.05) is 20.2 Å². The third-order valence-corrected chi connectivity index (χ3v) is 1.73. The molecular weight excluding hydrogens is 158 g/mol. The summed E-state index contributed by atoms with van der Waals surface area (Å²) in [6, 6.07) is 0. The predicted molar refractivity (Wildman–Crippen MR) is 46.2 cm³/mol. The van der Waals surface area contributed by atoms with E-state index in [-0.39, 0.29) is 6.61 Å². The van der Waals surface area contributed by atoms with Gasteiger partial charge in [-0.15, -0.1) is 0 Å². The average Bonchev–Trinajstić information content (AvgIpc) is 2.03. The van der Waals surface area contributed by atoms with Gasteiger partial charge in [-0.3, -0.25) is 0 Å². The van der Waals surface area contributed by atoms with Crippen LogP contribution in [0.25, 0.3) is 0 Å². The molecule has 0 bridgehead atoms. The summed E-state index contributed by atoms with van der Waals surface area (Å²) >= 11 is 0. The molecule has 4 heteroatoms. The summed E-state index contributed by atoms with van der Waals surface area (Å²) in [6.45, 7) is 0.815. The average molecular weight is 175 g/mol. The van der Waals surface area contributed by atoms with Crippen LogP contribution in [0.3, 0.4) is 0 Å². The first-order chi connectivity index (χ1) is 5.68. The molecule has 0 atom stereocenters. The number of rotatable bonds is 6. The zero-order valence-electron chi connectivity index (χ0n) is 7.49. The van der Waals surface area contributed by atoms with Crippen LogP contribution in [0.4, 0.5) is 4.79 Å². The molecule has 0 aliphatic heterocycles. The molecule has 0 rings (SSSR count). The van der Waals surface area contributed by atoms with Gasteiger partial charge in [0.1, 0.15) is 0 Å². The molecule has 0 aromatic heterocycles. The van der Waals surface area contributed by atoms with E-state index < -0.39 is 6.09 Å². The van der Waals surface area contributed by atoms with Crippen molar-refractivity contribution >= 4 is 6.09 Å². The Labute approximate surface area is 72.8 Å². The van der Waals surface area contributed by atoms with Crippen LogP contribution < -0.4 is 0 Å². The fraction of sp³-hybridized carbons (Fsp3) is 0.875. The van der Waals surface area contributed by atoms with Crippen LogP contribution in [0, 0.1) is 0 Å². The standard InChI is InChI=1S/C8H17NO3/c1-9(8(11)12)6-4-2-3-5-7-10/h10H,2-7H2,1H3,(H,11,12). The van der Waals surface area contributed by atoms with E-state index in [1.165, 1.54) is 4.90 Å². The van der Waals surface area contributed by atoms with E-state index in [1.807, 2.05) is 0 Å². The number of amides is 1. The highest BCUT2D eigenvalue weighted by molar-refractivity contribution is 5.64. The number of hydrogen-bond acceptors (Lipinski definition) is 2. The molecule has 0 aliphatic rings. The molecule has 0 spiro atoms. The van der Waals surface area contributed by atoms with Crippen molar-refractivity contribution in [3.05, 3.63) is 0 Å². The number of aliphatic hydroxyl groups is 1. The highest BCUT2D eigenvalue weighted by atomic mass is 16.4. The lowest BCUT2D eigenvalue weighted by atomic mass is 10.2. The molecule has 0 heterocycles. The van der Waals surface area contributed by atoms with E-state index in [9.17, 15) is 4.79 Å². The second kappa shape index (κ2) is 6.91. The highest BCUT2D eigenvalue weighted by Crippen LogP contribution is 2.00. The van der Waals surface area contributed by atoms with Crippen molar-refractivity contribution in [2.24, 2.45) is 0 Å². The summed E-state index contributed by atoms with van der Waals surface area (Å²) in [4.78, 5) is 11.6. The van der Waals surface area contributed by atoms with Crippen LogP contribution >= 0.6 is 0 Å². The Kier molecular flexibility index (Phi) is 6.47. The molecule has 0 radical (unpaired) electrons. The molecule has 4 nitrogen and oxygen atoms in total. The van der Waals surface area contributed by atoms with E-state index >= 15 is 0 Å². The molecule has 0 saturated heterocycles. The van der Waals surface area contributed by atoms with Gasteiger partial charge in [-0.2, -0.15) is 0 Å². The number of aliphatic hydroxyl groups excluding tert-OH is 1. The summed E-state index contributed by atoms with van der Waals surface area (Å²) in [5.41, 5.74) is 0. The van der Waals surface area contributed by atoms with Crippen molar-refractivity contribution in [3.8, 4) is 0 Å². The number of carbonyl (C=O) groups is 1. The summed E-state index contributed by atoms with van der Waals surface area (Å²) < 4.78 is 0. The van der Waals surface area contributed by atoms with Crippen LogP contribution in [-0.4, -0.2) is 41.4 Å². The smallest absolute Gasteiger partial charge is 0.407 e. The summed E-state index contributed by atoms with van der Waals surface area (Å²) in [5, 5.41) is 16.9. The van der Waals surface area contributed by atoms with Crippen molar-refractivity contribution in [3.63, 3.8) is 0 Å². The Morgan fingerprint density at radius 1 is 1.25 bits per heavy atom. The number of nitrogens with zero attached hydrogens (tertiary/aromatic N) is 1. The summed E-state index contributed by atoms with van der Waals surface area (Å²) in [5.74, 6) is 0. The molecule has 72 valence electrons. The van der Waals surface area contributed by atoms with Gasteiger partial charge in [0.25, 0.3) is 0 Å². The Morgan fingerprint density at radius 3 is 2.33 bits per heavy atom. The molecule has 2 N–H and O–H groups in total. The lowest BCUT2D eigenvalue weighted by molar-refractivity contribution is 0.155. The largest absolute Gasteiger partial charge is 0.465 e. The molecule has 0 aliphatic carbocycles. The monoisotopic (exact) mass is 175 g/mol. The number of carboxylic acid groups (broad SMARTS) is 1. The summed E-state index contributed by atoms with van der Waals surface area (Å²) in [6.07, 6.45) is 2.78. The minimum absolute atomic E-state index is 0.231. The zero-order chi connectivity index (χ0) is 9.40. The molecule has 0 fully saturated rings. The van der Waals surface area contributed by atoms with Crippen LogP contribution in [0.1, 0.15) is 25.7 Å². The van der Waals surface area contributed by atoms with Gasteiger partial charge in [-0.1, -0.05) is 12.8 Å². The van der Waals surface area contributed by atoms with Gasteiger partial charge in [0.05, 0.1) is 0 Å². The second-order valence-electron chi connectivity index (χ2n) is 2.84. The fourth-order valence-corrected chi connectivity index (χ4v) is 0.910. The number of hydrogen-bond donors (Lipinski definition) is 2. The quantitative estimate of drug-likeness (QED) is 0.595. The molecule has 0 saturated carbocycles. The lowest BCUT2D eigenvalue weighted by Crippen LogP contribution is -2.25. The maximum absolute atomic E-state index is 10.3. The first-order valence-corrected chi connectivity index (χ1v) is 4.23. The molecule has 0 aromatic rings. The minimum atomic E-state index is -0.878. The van der Waals surface area contributed by atoms with Crippen molar-refractivity contribution < 1.29 is 15.0 Å². The van der Waals surface area contributed by atoms with Gasteiger partial charge < -0.3 is 15.1 Å². The van der Waals surface area contributed by atoms with Crippen molar-refractivity contribution in [1.82, 2.24) is 4.90 Å². The zero-order valence-corrected chi connectivity index (χ0v) is 7.49. The van der Waals surface area contributed by atoms with Gasteiger partial charge in [0, 0.05) is 20.2 Å². The SMILES string of the molecule is CN(CCCCCCO)C(=O)O. The lowest BCUT2D eigenvalue weighted by Gasteiger charge is -2.11. The third-order valence-electron chi connectivity index (χ3n) is 1.73. The molecule has 0 aromatic carbocycles. The molecule has 0 unspecified atom stereocenters. The van der Waals surface area contributed by atoms with Crippen LogP contribution in [0.5, 0.6) is 0 Å². The van der Waals surface area contributed by atoms with E-state index in [0.29, 0.717) is 6.54 Å². The van der Waals surface area contributed by atoms with Gasteiger partial charge in [-0.25, -0.2) is 4.79 Å². The van der Waals surface area contributed by atoms with E-state index in [2.05, 4.69) is 0 Å². The van der Waals surface area contributed by atoms with Crippen LogP contribution in [0.15, 0.2) is 0 Å². The first-order valence-electron chi connectivity index (χ1n) is 4.23. The Balaban J connectivity index is 3.14. The van der Waals surface area contributed by atoms with Gasteiger partial charge in [-0.05, 0) is 12.8 Å². The topological polar surface area (TPSA) is 60.8 Å². The molecule has 12 heavy (non-hydrogen) atoms. The van der Waals surface area contributed by atoms with Crippen LogP contribution in [0.2, 0.25) is 0 Å². The van der Waals surface area contributed by atoms with Crippen molar-refractivity contribution in [2.45, 2.75) is 25.7 Å². The van der Waals surface area contributed by atoms with Gasteiger partial charge in [0.15, 0.2) is 0 Å². The minimum Gasteiger partial charge on any atom is -0.465 e. The predicted octanol–water partition coefficient (Wildman–Crippen LogP) is 1.15. The van der Waals surface area contributed by atoms with E-state index in [0.717, 1.165) is 25.7 Å².